The summed E-state index contributed by atoms with van der Waals surface area (Å²) < 4.78 is 5.50. The first-order valence-electron chi connectivity index (χ1n) is 9.86. The van der Waals surface area contributed by atoms with Gasteiger partial charge in [0.1, 0.15) is 36.6 Å². The van der Waals surface area contributed by atoms with Crippen molar-refractivity contribution in [3.8, 4) is 11.1 Å². The van der Waals surface area contributed by atoms with Gasteiger partial charge in [0.15, 0.2) is 0 Å². The molecule has 8 heteroatoms. The smallest absolute Gasteiger partial charge is 0.117 e. The number of nitrogens with zero attached hydrogens (tertiary/aromatic N) is 1. The number of nitrogens with one attached hydrogen (secondary N) is 1. The van der Waals surface area contributed by atoms with Crippen molar-refractivity contribution in [2.24, 2.45) is 0 Å². The summed E-state index contributed by atoms with van der Waals surface area (Å²) in [5, 5.41) is 58.7. The number of aromatic nitrogens is 2. The van der Waals surface area contributed by atoms with Crippen molar-refractivity contribution < 1.29 is 30.3 Å². The monoisotopic (exact) mass is 414 g/mol. The maximum Gasteiger partial charge on any atom is 0.117 e. The zero-order valence-corrected chi connectivity index (χ0v) is 16.7. The van der Waals surface area contributed by atoms with Gasteiger partial charge in [-0.1, -0.05) is 24.3 Å². The van der Waals surface area contributed by atoms with Gasteiger partial charge in [0, 0.05) is 5.39 Å². The van der Waals surface area contributed by atoms with E-state index in [2.05, 4.69) is 16.3 Å². The zero-order valence-electron chi connectivity index (χ0n) is 16.7. The van der Waals surface area contributed by atoms with Gasteiger partial charge < -0.3 is 30.3 Å². The largest absolute Gasteiger partial charge is 0.394 e. The lowest BCUT2D eigenvalue weighted by Gasteiger charge is -2.42. The van der Waals surface area contributed by atoms with Crippen molar-refractivity contribution in [2.45, 2.75) is 50.5 Å². The Morgan fingerprint density at radius 2 is 1.70 bits per heavy atom. The minimum Gasteiger partial charge on any atom is -0.394 e. The lowest BCUT2D eigenvalue weighted by Crippen LogP contribution is -2.59. The Bertz CT molecular complexity index is 1050. The number of hydrogen-bond acceptors (Lipinski definition) is 7. The number of fused-ring (bicyclic) bond motifs is 1. The molecule has 0 unspecified atom stereocenters. The average molecular weight is 414 g/mol. The van der Waals surface area contributed by atoms with Crippen LogP contribution in [-0.2, 0) is 4.74 Å². The van der Waals surface area contributed by atoms with Gasteiger partial charge in [-0.25, -0.2) is 0 Å². The zero-order chi connectivity index (χ0) is 21.6. The molecule has 160 valence electrons. The number of aryl methyl sites for hydroxylation is 2. The molecule has 0 bridgehead atoms. The van der Waals surface area contributed by atoms with Crippen LogP contribution >= 0.6 is 0 Å². The molecule has 30 heavy (non-hydrogen) atoms. The molecule has 0 saturated carbocycles. The van der Waals surface area contributed by atoms with Crippen LogP contribution < -0.4 is 0 Å². The van der Waals surface area contributed by atoms with E-state index in [9.17, 15) is 25.5 Å². The van der Waals surface area contributed by atoms with E-state index >= 15 is 0 Å². The molecule has 2 aromatic carbocycles. The van der Waals surface area contributed by atoms with E-state index in [-0.39, 0.29) is 0 Å². The molecule has 6 N–H and O–H groups in total. The van der Waals surface area contributed by atoms with Crippen molar-refractivity contribution in [1.82, 2.24) is 10.2 Å². The molecule has 4 rings (SSSR count). The first-order chi connectivity index (χ1) is 14.3. The van der Waals surface area contributed by atoms with Gasteiger partial charge in [-0.3, -0.25) is 5.10 Å². The van der Waals surface area contributed by atoms with Crippen molar-refractivity contribution in [2.75, 3.05) is 6.61 Å². The van der Waals surface area contributed by atoms with Gasteiger partial charge in [-0.2, -0.15) is 5.10 Å². The summed E-state index contributed by atoms with van der Waals surface area (Å²) in [6.45, 7) is 3.24. The third kappa shape index (κ3) is 3.51. The predicted molar refractivity (Wildman–Crippen MR) is 110 cm³/mol. The Labute approximate surface area is 173 Å². The molecule has 1 aliphatic heterocycles. The molecule has 1 fully saturated rings. The second-order valence-electron chi connectivity index (χ2n) is 7.88. The van der Waals surface area contributed by atoms with Gasteiger partial charge in [-0.15, -0.1) is 0 Å². The van der Waals surface area contributed by atoms with E-state index in [4.69, 9.17) is 4.74 Å². The van der Waals surface area contributed by atoms with Crippen molar-refractivity contribution in [3.05, 3.63) is 53.2 Å². The molecule has 0 amide bonds. The first-order valence-corrected chi connectivity index (χ1v) is 9.86. The van der Waals surface area contributed by atoms with Crippen molar-refractivity contribution in [1.29, 1.82) is 0 Å². The Morgan fingerprint density at radius 3 is 2.40 bits per heavy atom. The lowest BCUT2D eigenvalue weighted by atomic mass is 9.88. The van der Waals surface area contributed by atoms with Gasteiger partial charge in [0.05, 0.1) is 17.8 Å². The molecule has 1 aliphatic rings. The number of aromatic amines is 1. The Balaban J connectivity index is 1.63. The lowest BCUT2D eigenvalue weighted by molar-refractivity contribution is -0.250. The molecule has 0 radical (unpaired) electrons. The maximum absolute atomic E-state index is 10.9. The number of H-pyrrole nitrogens is 1. The number of hydrogen-bond donors (Lipinski definition) is 6. The standard InChI is InChI=1S/C22H26N2O6/c1-10-7-12(13-4-6-16-15(8-13)11(2)23-24-16)3-5-14(10)18(26)22-21(29)20(28)19(27)17(9-25)30-22/h3-8,17-22,25-29H,9H2,1-2H3,(H,23,24)/t17-,18-,19-,20+,21+,22-/m1/s1. The third-order valence-corrected chi connectivity index (χ3v) is 5.92. The van der Waals surface area contributed by atoms with Crippen LogP contribution in [-0.4, -0.2) is 72.9 Å². The molecule has 3 aromatic rings. The van der Waals surface area contributed by atoms with E-state index in [1.165, 1.54) is 0 Å². The summed E-state index contributed by atoms with van der Waals surface area (Å²) in [6.07, 6.45) is -7.98. The van der Waals surface area contributed by atoms with E-state index in [1.807, 2.05) is 38.1 Å². The van der Waals surface area contributed by atoms with Gasteiger partial charge >= 0.3 is 0 Å². The minimum absolute atomic E-state index is 0.531. The van der Waals surface area contributed by atoms with Gasteiger partial charge in [-0.05, 0) is 48.2 Å². The van der Waals surface area contributed by atoms with Gasteiger partial charge in [0.25, 0.3) is 0 Å². The molecule has 2 heterocycles. The molecular weight excluding hydrogens is 388 g/mol. The highest BCUT2D eigenvalue weighted by molar-refractivity contribution is 5.86. The van der Waals surface area contributed by atoms with E-state index in [0.717, 1.165) is 33.3 Å². The molecule has 1 saturated heterocycles. The number of aliphatic hydroxyl groups is 5. The molecule has 6 atom stereocenters. The van der Waals surface area contributed by atoms with E-state index in [0.29, 0.717) is 5.56 Å². The summed E-state index contributed by atoms with van der Waals surface area (Å²) in [7, 11) is 0. The SMILES string of the molecule is Cc1cc(-c2ccc3[nH]nc(C)c3c2)ccc1[C@@H](O)[C@H]1O[C@H](CO)[C@@H](O)[C@H](O)[C@@H]1O. The topological polar surface area (TPSA) is 139 Å². The van der Waals surface area contributed by atoms with Crippen LogP contribution in [0.25, 0.3) is 22.0 Å². The molecule has 0 aliphatic carbocycles. The van der Waals surface area contributed by atoms with Crippen LogP contribution in [0.1, 0.15) is 22.9 Å². The fourth-order valence-corrected chi connectivity index (χ4v) is 4.08. The second-order valence-corrected chi connectivity index (χ2v) is 7.88. The number of rotatable bonds is 4. The van der Waals surface area contributed by atoms with Crippen molar-refractivity contribution >= 4 is 10.9 Å². The minimum atomic E-state index is -1.53. The van der Waals surface area contributed by atoms with E-state index < -0.39 is 43.2 Å². The average Bonchev–Trinajstić information content (AvgIpc) is 3.12. The second kappa shape index (κ2) is 8.07. The Hall–Kier alpha value is -2.33. The van der Waals surface area contributed by atoms with Crippen LogP contribution in [0, 0.1) is 13.8 Å². The number of aliphatic hydroxyl groups excluding tert-OH is 5. The van der Waals surface area contributed by atoms with Crippen LogP contribution in [0.5, 0.6) is 0 Å². The first kappa shape index (κ1) is 20.9. The summed E-state index contributed by atoms with van der Waals surface area (Å²) in [5.41, 5.74) is 5.15. The highest BCUT2D eigenvalue weighted by Crippen LogP contribution is 2.34. The fourth-order valence-electron chi connectivity index (χ4n) is 4.08. The maximum atomic E-state index is 10.9. The van der Waals surface area contributed by atoms with Crippen LogP contribution in [0.2, 0.25) is 0 Å². The molecule has 0 spiro atoms. The van der Waals surface area contributed by atoms with Crippen LogP contribution in [0.3, 0.4) is 0 Å². The fraction of sp³-hybridized carbons (Fsp3) is 0.409. The summed E-state index contributed by atoms with van der Waals surface area (Å²) in [5.74, 6) is 0. The normalized spacial score (nSPS) is 28.0. The Kier molecular flexibility index (Phi) is 5.63. The van der Waals surface area contributed by atoms with E-state index in [1.54, 1.807) is 6.07 Å². The van der Waals surface area contributed by atoms with Crippen molar-refractivity contribution in [3.63, 3.8) is 0 Å². The summed E-state index contributed by atoms with van der Waals surface area (Å²) >= 11 is 0. The molecule has 1 aromatic heterocycles. The summed E-state index contributed by atoms with van der Waals surface area (Å²) in [4.78, 5) is 0. The molecular formula is C22H26N2O6. The van der Waals surface area contributed by atoms with Gasteiger partial charge in [0.2, 0.25) is 0 Å². The third-order valence-electron chi connectivity index (χ3n) is 5.92. The van der Waals surface area contributed by atoms with Crippen LogP contribution in [0.15, 0.2) is 36.4 Å². The Morgan fingerprint density at radius 1 is 1.00 bits per heavy atom. The molecule has 8 nitrogen and oxygen atoms in total. The summed E-state index contributed by atoms with van der Waals surface area (Å²) in [6, 6.07) is 11.6. The number of benzene rings is 2. The highest BCUT2D eigenvalue weighted by Gasteiger charge is 2.46. The quantitative estimate of drug-likeness (QED) is 0.370. The highest BCUT2D eigenvalue weighted by atomic mass is 16.6. The number of ether oxygens (including phenoxy) is 1. The predicted octanol–water partition coefficient (Wildman–Crippen LogP) is 0.723. The van der Waals surface area contributed by atoms with Crippen LogP contribution in [0.4, 0.5) is 0 Å².